The van der Waals surface area contributed by atoms with Crippen molar-refractivity contribution in [2.24, 2.45) is 0 Å². The van der Waals surface area contributed by atoms with Gasteiger partial charge in [-0.15, -0.1) is 0 Å². The standard InChI is InChI=1S/C15H25FN4/c1-4-18-15(12-8-13(16)10-17-9-12)14-11-19(2)6-5-7-20(14)3/h8-10,14-15,18H,4-7,11H2,1-3H3. The lowest BCUT2D eigenvalue weighted by Crippen LogP contribution is -2.47. The molecule has 0 saturated carbocycles. The molecule has 4 nitrogen and oxygen atoms in total. The van der Waals surface area contributed by atoms with Gasteiger partial charge in [0.05, 0.1) is 12.2 Å². The fourth-order valence-corrected chi connectivity index (χ4v) is 2.96. The van der Waals surface area contributed by atoms with Crippen LogP contribution in [-0.2, 0) is 0 Å². The highest BCUT2D eigenvalue weighted by molar-refractivity contribution is 5.18. The summed E-state index contributed by atoms with van der Waals surface area (Å²) in [5, 5.41) is 3.50. The number of nitrogens with zero attached hydrogens (tertiary/aromatic N) is 3. The average molecular weight is 280 g/mol. The van der Waals surface area contributed by atoms with E-state index < -0.39 is 0 Å². The van der Waals surface area contributed by atoms with Gasteiger partial charge in [0.2, 0.25) is 0 Å². The van der Waals surface area contributed by atoms with Crippen molar-refractivity contribution < 1.29 is 4.39 Å². The van der Waals surface area contributed by atoms with Crippen LogP contribution in [0.4, 0.5) is 4.39 Å². The molecule has 0 aliphatic carbocycles. The van der Waals surface area contributed by atoms with E-state index in [1.807, 2.05) is 0 Å². The molecule has 2 heterocycles. The molecule has 1 aliphatic rings. The summed E-state index contributed by atoms with van der Waals surface area (Å²) in [6.45, 7) is 6.10. The van der Waals surface area contributed by atoms with Gasteiger partial charge in [-0.25, -0.2) is 4.39 Å². The number of nitrogens with one attached hydrogen (secondary N) is 1. The maximum absolute atomic E-state index is 13.5. The van der Waals surface area contributed by atoms with Crippen molar-refractivity contribution in [2.45, 2.75) is 25.4 Å². The molecule has 0 bridgehead atoms. The molecule has 0 amide bonds. The third-order valence-corrected chi connectivity index (χ3v) is 4.01. The van der Waals surface area contributed by atoms with Crippen LogP contribution >= 0.6 is 0 Å². The van der Waals surface area contributed by atoms with Crippen LogP contribution in [0.5, 0.6) is 0 Å². The molecule has 2 atom stereocenters. The molecule has 1 fully saturated rings. The third kappa shape index (κ3) is 3.75. The SMILES string of the molecule is CCNC(c1cncc(F)c1)C1CN(C)CCCN1C. The highest BCUT2D eigenvalue weighted by atomic mass is 19.1. The lowest BCUT2D eigenvalue weighted by molar-refractivity contribution is 0.179. The minimum atomic E-state index is -0.268. The van der Waals surface area contributed by atoms with Gasteiger partial charge in [0.1, 0.15) is 5.82 Å². The van der Waals surface area contributed by atoms with Crippen molar-refractivity contribution in [3.05, 3.63) is 29.8 Å². The van der Waals surface area contributed by atoms with Gasteiger partial charge < -0.3 is 15.1 Å². The molecule has 2 rings (SSSR count). The van der Waals surface area contributed by atoms with Gasteiger partial charge in [-0.3, -0.25) is 4.98 Å². The Hall–Kier alpha value is -1.04. The fraction of sp³-hybridized carbons (Fsp3) is 0.667. The second-order valence-corrected chi connectivity index (χ2v) is 5.64. The molecule has 20 heavy (non-hydrogen) atoms. The van der Waals surface area contributed by atoms with E-state index in [-0.39, 0.29) is 11.9 Å². The van der Waals surface area contributed by atoms with E-state index >= 15 is 0 Å². The Morgan fingerprint density at radius 2 is 2.20 bits per heavy atom. The number of aromatic nitrogens is 1. The number of hydrogen-bond acceptors (Lipinski definition) is 4. The second kappa shape index (κ2) is 7.11. The summed E-state index contributed by atoms with van der Waals surface area (Å²) in [7, 11) is 4.31. The first-order valence-electron chi connectivity index (χ1n) is 7.34. The first-order valence-corrected chi connectivity index (χ1v) is 7.34. The summed E-state index contributed by atoms with van der Waals surface area (Å²) in [5.74, 6) is -0.268. The van der Waals surface area contributed by atoms with Crippen molar-refractivity contribution in [1.29, 1.82) is 0 Å². The molecule has 2 unspecified atom stereocenters. The Kier molecular flexibility index (Phi) is 5.46. The summed E-state index contributed by atoms with van der Waals surface area (Å²) in [4.78, 5) is 8.73. The molecule has 1 aliphatic heterocycles. The van der Waals surface area contributed by atoms with Crippen molar-refractivity contribution in [1.82, 2.24) is 20.1 Å². The zero-order valence-electron chi connectivity index (χ0n) is 12.6. The summed E-state index contributed by atoms with van der Waals surface area (Å²) in [6, 6.07) is 2.03. The number of hydrogen-bond donors (Lipinski definition) is 1. The molecular weight excluding hydrogens is 255 g/mol. The van der Waals surface area contributed by atoms with E-state index in [1.165, 1.54) is 12.6 Å². The Labute approximate surface area is 121 Å². The summed E-state index contributed by atoms with van der Waals surface area (Å²) in [6.07, 6.45) is 4.20. The first kappa shape index (κ1) is 15.4. The van der Waals surface area contributed by atoms with Gasteiger partial charge in [-0.05, 0) is 51.8 Å². The average Bonchev–Trinajstić information content (AvgIpc) is 2.58. The van der Waals surface area contributed by atoms with Gasteiger partial charge in [-0.2, -0.15) is 0 Å². The second-order valence-electron chi connectivity index (χ2n) is 5.64. The number of pyridine rings is 1. The van der Waals surface area contributed by atoms with Crippen molar-refractivity contribution in [3.8, 4) is 0 Å². The van der Waals surface area contributed by atoms with Gasteiger partial charge >= 0.3 is 0 Å². The number of rotatable bonds is 4. The molecule has 1 saturated heterocycles. The monoisotopic (exact) mass is 280 g/mol. The zero-order valence-corrected chi connectivity index (χ0v) is 12.6. The normalized spacial score (nSPS) is 23.5. The Balaban J connectivity index is 2.26. The molecular formula is C15H25FN4. The van der Waals surface area contributed by atoms with Crippen LogP contribution in [0.2, 0.25) is 0 Å². The quantitative estimate of drug-likeness (QED) is 0.906. The summed E-state index contributed by atoms with van der Waals surface area (Å²) >= 11 is 0. The molecule has 1 aromatic heterocycles. The van der Waals surface area contributed by atoms with Crippen LogP contribution in [-0.4, -0.2) is 61.1 Å². The largest absolute Gasteiger partial charge is 0.309 e. The highest BCUT2D eigenvalue weighted by Gasteiger charge is 2.29. The third-order valence-electron chi connectivity index (χ3n) is 4.01. The maximum atomic E-state index is 13.5. The summed E-state index contributed by atoms with van der Waals surface area (Å²) in [5.41, 5.74) is 0.930. The van der Waals surface area contributed by atoms with Gasteiger partial charge in [0.25, 0.3) is 0 Å². The van der Waals surface area contributed by atoms with E-state index in [4.69, 9.17) is 0 Å². The fourth-order valence-electron chi connectivity index (χ4n) is 2.96. The molecule has 0 radical (unpaired) electrons. The van der Waals surface area contributed by atoms with Crippen LogP contribution in [0.15, 0.2) is 18.5 Å². The first-order chi connectivity index (χ1) is 9.61. The van der Waals surface area contributed by atoms with Crippen LogP contribution < -0.4 is 5.32 Å². The van der Waals surface area contributed by atoms with E-state index in [0.29, 0.717) is 6.04 Å². The minimum absolute atomic E-state index is 0.105. The van der Waals surface area contributed by atoms with E-state index in [1.54, 1.807) is 12.3 Å². The van der Waals surface area contributed by atoms with Gasteiger partial charge in [0, 0.05) is 18.8 Å². The molecule has 0 aromatic carbocycles. The highest BCUT2D eigenvalue weighted by Crippen LogP contribution is 2.23. The predicted molar refractivity (Wildman–Crippen MR) is 79.1 cm³/mol. The molecule has 5 heteroatoms. The van der Waals surface area contributed by atoms with Crippen LogP contribution in [0.25, 0.3) is 0 Å². The van der Waals surface area contributed by atoms with Crippen molar-refractivity contribution in [2.75, 3.05) is 40.3 Å². The van der Waals surface area contributed by atoms with Crippen LogP contribution in [0.1, 0.15) is 24.9 Å². The van der Waals surface area contributed by atoms with Gasteiger partial charge in [0.15, 0.2) is 0 Å². The minimum Gasteiger partial charge on any atom is -0.309 e. The Morgan fingerprint density at radius 1 is 1.40 bits per heavy atom. The smallest absolute Gasteiger partial charge is 0.141 e. The Bertz CT molecular complexity index is 426. The predicted octanol–water partition coefficient (Wildman–Crippen LogP) is 1.51. The topological polar surface area (TPSA) is 31.4 Å². The van der Waals surface area contributed by atoms with Crippen LogP contribution in [0.3, 0.4) is 0 Å². The molecule has 1 N–H and O–H groups in total. The molecule has 0 spiro atoms. The maximum Gasteiger partial charge on any atom is 0.141 e. The lowest BCUT2D eigenvalue weighted by Gasteiger charge is -2.35. The van der Waals surface area contributed by atoms with E-state index in [2.05, 4.69) is 41.1 Å². The Morgan fingerprint density at radius 3 is 2.90 bits per heavy atom. The van der Waals surface area contributed by atoms with Crippen LogP contribution in [0, 0.1) is 5.82 Å². The van der Waals surface area contributed by atoms with E-state index in [9.17, 15) is 4.39 Å². The van der Waals surface area contributed by atoms with Crippen molar-refractivity contribution in [3.63, 3.8) is 0 Å². The number of likely N-dealkylation sites (N-methyl/N-ethyl adjacent to an activating group) is 3. The number of halogens is 1. The van der Waals surface area contributed by atoms with Gasteiger partial charge in [-0.1, -0.05) is 6.92 Å². The zero-order chi connectivity index (χ0) is 14.5. The summed E-state index contributed by atoms with van der Waals surface area (Å²) < 4.78 is 13.5. The van der Waals surface area contributed by atoms with Crippen molar-refractivity contribution >= 4 is 0 Å². The van der Waals surface area contributed by atoms with E-state index in [0.717, 1.165) is 31.7 Å². The molecule has 112 valence electrons. The molecule has 1 aromatic rings. The lowest BCUT2D eigenvalue weighted by atomic mass is 9.99.